The topological polar surface area (TPSA) is 56.1 Å². The molecule has 0 aromatic heterocycles. The maximum Gasteiger partial charge on any atom is 0.253 e. The van der Waals surface area contributed by atoms with Gasteiger partial charge in [-0.1, -0.05) is 12.5 Å². The van der Waals surface area contributed by atoms with Crippen molar-refractivity contribution < 1.29 is 4.79 Å². The third kappa shape index (κ3) is 4.05. The van der Waals surface area contributed by atoms with Crippen LogP contribution in [-0.4, -0.2) is 41.4 Å². The molecule has 1 saturated carbocycles. The maximum absolute atomic E-state index is 12.7. The molecule has 1 heterocycles. The van der Waals surface area contributed by atoms with Gasteiger partial charge >= 0.3 is 0 Å². The summed E-state index contributed by atoms with van der Waals surface area (Å²) in [7, 11) is 0. The van der Waals surface area contributed by atoms with Crippen LogP contribution in [0.1, 0.15) is 41.6 Å². The number of amides is 1. The molecule has 0 bridgehead atoms. The highest BCUT2D eigenvalue weighted by Gasteiger charge is 2.23. The number of rotatable bonds is 3. The Hall–Kier alpha value is -1.67. The molecule has 2 unspecified atom stereocenters. The van der Waals surface area contributed by atoms with Gasteiger partial charge in [-0.3, -0.25) is 4.79 Å². The zero-order valence-corrected chi connectivity index (χ0v) is 15.1. The Morgan fingerprint density at radius 2 is 2.12 bits per heavy atom. The monoisotopic (exact) mass is 343 g/mol. The number of nitrogens with zero attached hydrogens (tertiary/aromatic N) is 2. The molecule has 128 valence electrons. The van der Waals surface area contributed by atoms with Gasteiger partial charge in [0.05, 0.1) is 6.07 Å². The van der Waals surface area contributed by atoms with Crippen molar-refractivity contribution in [2.75, 3.05) is 29.9 Å². The first-order valence-corrected chi connectivity index (χ1v) is 9.96. The number of carbonyl (C=O) groups is 1. The van der Waals surface area contributed by atoms with Crippen LogP contribution in [0.2, 0.25) is 0 Å². The van der Waals surface area contributed by atoms with Crippen molar-refractivity contribution >= 4 is 23.4 Å². The summed E-state index contributed by atoms with van der Waals surface area (Å²) in [5.74, 6) is 2.35. The molecule has 2 atom stereocenters. The van der Waals surface area contributed by atoms with E-state index >= 15 is 0 Å². The van der Waals surface area contributed by atoms with Gasteiger partial charge < -0.3 is 10.2 Å². The lowest BCUT2D eigenvalue weighted by Crippen LogP contribution is -2.38. The fraction of sp³-hybridized carbons (Fsp3) is 0.579. The molecule has 0 spiro atoms. The standard InChI is InChI=1S/C19H25N3OS/c1-14-5-6-16(19(23)22-7-9-24-10-8-22)12-18(14)21-17-4-2-3-15(11-17)13-20/h5-6,12,15,17,21H,2-4,7-11H2,1H3. The average molecular weight is 343 g/mol. The Kier molecular flexibility index (Phi) is 5.68. The molecule has 4 nitrogen and oxygen atoms in total. The molecule has 1 amide bonds. The van der Waals surface area contributed by atoms with E-state index in [1.165, 1.54) is 0 Å². The third-order valence-electron chi connectivity index (χ3n) is 5.00. The van der Waals surface area contributed by atoms with E-state index in [-0.39, 0.29) is 11.8 Å². The molecule has 1 aliphatic heterocycles. The summed E-state index contributed by atoms with van der Waals surface area (Å²) in [5, 5.41) is 12.7. The normalized spacial score (nSPS) is 24.2. The molecule has 1 aromatic rings. The van der Waals surface area contributed by atoms with E-state index in [1.807, 2.05) is 34.9 Å². The quantitative estimate of drug-likeness (QED) is 0.909. The van der Waals surface area contributed by atoms with Crippen LogP contribution in [0.3, 0.4) is 0 Å². The molecular weight excluding hydrogens is 318 g/mol. The molecule has 2 aliphatic rings. The lowest BCUT2D eigenvalue weighted by molar-refractivity contribution is 0.0772. The van der Waals surface area contributed by atoms with Crippen molar-refractivity contribution in [2.24, 2.45) is 5.92 Å². The number of nitrogens with one attached hydrogen (secondary N) is 1. The highest BCUT2D eigenvalue weighted by atomic mass is 32.2. The minimum Gasteiger partial charge on any atom is -0.382 e. The third-order valence-corrected chi connectivity index (χ3v) is 5.94. The van der Waals surface area contributed by atoms with E-state index in [4.69, 9.17) is 5.26 Å². The van der Waals surface area contributed by atoms with Gasteiger partial charge in [0.25, 0.3) is 5.91 Å². The zero-order valence-electron chi connectivity index (χ0n) is 14.3. The van der Waals surface area contributed by atoms with Crippen LogP contribution in [0.25, 0.3) is 0 Å². The molecule has 1 N–H and O–H groups in total. The van der Waals surface area contributed by atoms with Gasteiger partial charge in [-0.2, -0.15) is 17.0 Å². The predicted molar refractivity (Wildman–Crippen MR) is 99.4 cm³/mol. The number of hydrogen-bond donors (Lipinski definition) is 1. The summed E-state index contributed by atoms with van der Waals surface area (Å²) < 4.78 is 0. The summed E-state index contributed by atoms with van der Waals surface area (Å²) >= 11 is 1.91. The Labute approximate surface area is 148 Å². The molecule has 2 fully saturated rings. The minimum atomic E-state index is 0.136. The van der Waals surface area contributed by atoms with Crippen LogP contribution in [0.4, 0.5) is 5.69 Å². The van der Waals surface area contributed by atoms with Gasteiger partial charge in [0.2, 0.25) is 0 Å². The number of hydrogen-bond acceptors (Lipinski definition) is 4. The first-order valence-electron chi connectivity index (χ1n) is 8.81. The first-order chi connectivity index (χ1) is 11.7. The largest absolute Gasteiger partial charge is 0.382 e. The minimum absolute atomic E-state index is 0.136. The molecule has 5 heteroatoms. The van der Waals surface area contributed by atoms with Crippen LogP contribution in [0.15, 0.2) is 18.2 Å². The van der Waals surface area contributed by atoms with Gasteiger partial charge in [0, 0.05) is 47.8 Å². The van der Waals surface area contributed by atoms with Crippen molar-refractivity contribution in [2.45, 2.75) is 38.6 Å². The summed E-state index contributed by atoms with van der Waals surface area (Å²) in [6, 6.07) is 8.69. The Morgan fingerprint density at radius 3 is 2.88 bits per heavy atom. The fourth-order valence-electron chi connectivity index (χ4n) is 3.52. The highest BCUT2D eigenvalue weighted by Crippen LogP contribution is 2.28. The Bertz CT molecular complexity index is 634. The average Bonchev–Trinajstić information content (AvgIpc) is 2.64. The van der Waals surface area contributed by atoms with Crippen LogP contribution < -0.4 is 5.32 Å². The van der Waals surface area contributed by atoms with Crippen LogP contribution in [0.5, 0.6) is 0 Å². The number of aryl methyl sites for hydroxylation is 1. The van der Waals surface area contributed by atoms with Gasteiger partial charge in [-0.05, 0) is 43.9 Å². The van der Waals surface area contributed by atoms with Crippen molar-refractivity contribution in [1.82, 2.24) is 4.90 Å². The molecule has 0 radical (unpaired) electrons. The molecule has 3 rings (SSSR count). The number of carbonyl (C=O) groups excluding carboxylic acids is 1. The van der Waals surface area contributed by atoms with Crippen molar-refractivity contribution in [3.63, 3.8) is 0 Å². The predicted octanol–water partition coefficient (Wildman–Crippen LogP) is 3.68. The zero-order chi connectivity index (χ0) is 16.9. The lowest BCUT2D eigenvalue weighted by atomic mass is 9.86. The Morgan fingerprint density at radius 1 is 1.33 bits per heavy atom. The molecule has 24 heavy (non-hydrogen) atoms. The van der Waals surface area contributed by atoms with Gasteiger partial charge in [-0.15, -0.1) is 0 Å². The van der Waals surface area contributed by atoms with E-state index in [9.17, 15) is 4.79 Å². The molecule has 1 aromatic carbocycles. The smallest absolute Gasteiger partial charge is 0.253 e. The molecule has 1 aliphatic carbocycles. The van der Waals surface area contributed by atoms with E-state index in [0.29, 0.717) is 6.04 Å². The van der Waals surface area contributed by atoms with Gasteiger partial charge in [0.15, 0.2) is 0 Å². The summed E-state index contributed by atoms with van der Waals surface area (Å²) in [6.07, 6.45) is 4.11. The summed E-state index contributed by atoms with van der Waals surface area (Å²) in [4.78, 5) is 14.7. The lowest BCUT2D eigenvalue weighted by Gasteiger charge is -2.29. The molecule has 1 saturated heterocycles. The van der Waals surface area contributed by atoms with Gasteiger partial charge in [0.1, 0.15) is 0 Å². The second-order valence-corrected chi connectivity index (χ2v) is 7.99. The van der Waals surface area contributed by atoms with Gasteiger partial charge in [-0.25, -0.2) is 0 Å². The second-order valence-electron chi connectivity index (χ2n) is 6.77. The van der Waals surface area contributed by atoms with E-state index in [2.05, 4.69) is 18.3 Å². The van der Waals surface area contributed by atoms with E-state index in [0.717, 1.165) is 67.1 Å². The number of anilines is 1. The summed E-state index contributed by atoms with van der Waals surface area (Å²) in [5.41, 5.74) is 2.96. The van der Waals surface area contributed by atoms with Crippen molar-refractivity contribution in [3.8, 4) is 6.07 Å². The number of thioether (sulfide) groups is 1. The van der Waals surface area contributed by atoms with Crippen LogP contribution in [-0.2, 0) is 0 Å². The highest BCUT2D eigenvalue weighted by molar-refractivity contribution is 7.99. The summed E-state index contributed by atoms with van der Waals surface area (Å²) in [6.45, 7) is 3.75. The molecular formula is C19H25N3OS. The van der Waals surface area contributed by atoms with Crippen LogP contribution in [0, 0.1) is 24.2 Å². The van der Waals surface area contributed by atoms with E-state index in [1.54, 1.807) is 0 Å². The van der Waals surface area contributed by atoms with Crippen LogP contribution >= 0.6 is 11.8 Å². The second kappa shape index (κ2) is 7.94. The number of nitriles is 1. The SMILES string of the molecule is Cc1ccc(C(=O)N2CCSCC2)cc1NC1CCCC(C#N)C1. The fourth-order valence-corrected chi connectivity index (χ4v) is 4.42. The maximum atomic E-state index is 12.7. The first kappa shape index (κ1) is 17.2. The van der Waals surface area contributed by atoms with Crippen molar-refractivity contribution in [3.05, 3.63) is 29.3 Å². The van der Waals surface area contributed by atoms with E-state index < -0.39 is 0 Å². The van der Waals surface area contributed by atoms with Crippen molar-refractivity contribution in [1.29, 1.82) is 5.26 Å². The number of benzene rings is 1. The Balaban J connectivity index is 1.71.